The highest BCUT2D eigenvalue weighted by molar-refractivity contribution is 6.46. The number of hydrogen-bond donors (Lipinski definition) is 11. The van der Waals surface area contributed by atoms with Crippen molar-refractivity contribution in [1.82, 2.24) is 31.9 Å². The number of halogens is 4. The Hall–Kier alpha value is -8.59. The van der Waals surface area contributed by atoms with E-state index in [4.69, 9.17) is 73.1 Å². The van der Waals surface area contributed by atoms with Crippen molar-refractivity contribution in [1.29, 1.82) is 0 Å². The molecule has 0 radical (unpaired) electrons. The van der Waals surface area contributed by atoms with Crippen molar-refractivity contribution in [3.8, 4) is 11.5 Å². The second-order valence-electron chi connectivity index (χ2n) is 17.4. The summed E-state index contributed by atoms with van der Waals surface area (Å²) in [5.41, 5.74) is 16.8. The van der Waals surface area contributed by atoms with Gasteiger partial charge in [0, 0.05) is 29.8 Å². The minimum atomic E-state index is -1.87. The Morgan fingerprint density at radius 1 is 0.506 bits per heavy atom. The monoisotopic (exact) mass is 1210 g/mol. The molecular weight excluding hydrogens is 1150 g/mol. The lowest BCUT2D eigenvalue weighted by atomic mass is 10.0. The molecule has 3 rings (SSSR count). The number of aliphatic carboxylic acids is 2. The Balaban J connectivity index is 1.72. The van der Waals surface area contributed by atoms with Gasteiger partial charge in [-0.15, -0.1) is 0 Å². The summed E-state index contributed by atoms with van der Waals surface area (Å²) >= 11 is 25.1. The minimum absolute atomic E-state index is 0.0154. The summed E-state index contributed by atoms with van der Waals surface area (Å²) < 4.78 is 10.8. The Bertz CT molecular complexity index is 2870. The van der Waals surface area contributed by atoms with E-state index in [0.29, 0.717) is 12.8 Å². The van der Waals surface area contributed by atoms with Gasteiger partial charge in [0.25, 0.3) is 11.8 Å². The first kappa shape index (κ1) is 66.7. The lowest BCUT2D eigenvalue weighted by Crippen LogP contribution is -2.55. The maximum absolute atomic E-state index is 13.5. The number of carboxylic acid groups (broad SMARTS) is 2. The van der Waals surface area contributed by atoms with E-state index < -0.39 is 153 Å². The van der Waals surface area contributed by atoms with Crippen molar-refractivity contribution in [2.75, 3.05) is 13.2 Å². The van der Waals surface area contributed by atoms with E-state index in [0.717, 1.165) is 0 Å². The molecule has 0 saturated heterocycles. The third kappa shape index (κ3) is 20.5. The van der Waals surface area contributed by atoms with Gasteiger partial charge in [-0.05, 0) is 71.5 Å². The van der Waals surface area contributed by atoms with Gasteiger partial charge in [-0.3, -0.25) is 62.3 Å². The van der Waals surface area contributed by atoms with Gasteiger partial charge in [-0.2, -0.15) is 0 Å². The number of carbonyl (C=O) groups excluding carboxylic acids is 11. The molecular formula is C51H55Cl4N9O17. The molecule has 0 bridgehead atoms. The van der Waals surface area contributed by atoms with Crippen molar-refractivity contribution in [2.24, 2.45) is 17.2 Å². The first-order chi connectivity index (χ1) is 38.0. The second-order valence-corrected chi connectivity index (χ2v) is 18.9. The molecule has 0 aliphatic heterocycles. The molecule has 3 aromatic rings. The number of nitrogens with one attached hydrogen (secondary N) is 6. The van der Waals surface area contributed by atoms with Crippen molar-refractivity contribution in [2.45, 2.75) is 89.6 Å². The Morgan fingerprint density at radius 2 is 0.852 bits per heavy atom. The van der Waals surface area contributed by atoms with Crippen LogP contribution in [0.4, 0.5) is 0 Å². The lowest BCUT2D eigenvalue weighted by Gasteiger charge is -2.22. The Kier molecular flexibility index (Phi) is 25.7. The summed E-state index contributed by atoms with van der Waals surface area (Å²) in [6, 6.07) is 1.53. The standard InChI is InChI=1S/C51H55Cl4N9O17/c1-5-22(3)45(73)27-7-9-33(43(54)41(27)52)80-20-37(67)61-31(16-39(69)70)50(78)63-29(14-35(56)65)48(76)59-18-24-11-25(13-26(12-24)47(58)75)19-60-49(77)30(15-36(57)66)64-51(79)32(17-40(71)72)62-38(68)21-81-34-10-8-28(42(53)44(34)55)46(74)23(4)6-2/h7-13,29-32H,3-6,14-21H2,1-2H3,(H2,56,65)(H2,57,66)(H2,58,75)(H,59,76)(H,60,77)(H,61,67)(H,62,68)(H,63,78)(H,64,79)(H,69,70)(H,71,72)/t29-,30-,31-,32-/m0/s1. The zero-order chi connectivity index (χ0) is 61.0. The number of nitrogens with two attached hydrogens (primary N) is 3. The molecule has 0 aromatic heterocycles. The summed E-state index contributed by atoms with van der Waals surface area (Å²) in [6.45, 7) is 8.08. The van der Waals surface area contributed by atoms with Crippen molar-refractivity contribution in [3.05, 3.63) is 115 Å². The number of allylic oxidation sites excluding steroid dienone is 2. The predicted octanol–water partition coefficient (Wildman–Crippen LogP) is 1.73. The van der Waals surface area contributed by atoms with Crippen LogP contribution in [0.1, 0.15) is 94.6 Å². The fourth-order valence-corrected chi connectivity index (χ4v) is 7.89. The average molecular weight is 1210 g/mol. The molecule has 0 spiro atoms. The van der Waals surface area contributed by atoms with Crippen LogP contribution < -0.4 is 58.6 Å². The number of carboxylic acids is 2. The Morgan fingerprint density at radius 3 is 1.16 bits per heavy atom. The summed E-state index contributed by atoms with van der Waals surface area (Å²) in [5.74, 6) is -14.4. The van der Waals surface area contributed by atoms with Crippen LogP contribution in [0.25, 0.3) is 0 Å². The molecule has 0 heterocycles. The SMILES string of the molecule is C=C(CC)C(=O)c1ccc(OCC(=O)N[C@@H](CC(=O)O)C(=O)N[C@@H](CC(N)=O)C(=O)NCc2cc(CNC(=O)[C@H](CC(N)=O)NC(=O)[C@H](CC(=O)O)NC(=O)COc3ccc(C(=O)C(=C)CC)c(Cl)c3Cl)cc(C(N)=O)c2)c(Cl)c1Cl. The van der Waals surface area contributed by atoms with Gasteiger partial charge in [-0.25, -0.2) is 0 Å². The number of ketones is 2. The molecule has 0 unspecified atom stereocenters. The van der Waals surface area contributed by atoms with Crippen LogP contribution in [0, 0.1) is 0 Å². The Labute approximate surface area is 481 Å². The highest BCUT2D eigenvalue weighted by Gasteiger charge is 2.32. The van der Waals surface area contributed by atoms with E-state index in [9.17, 15) is 72.5 Å². The number of primary amides is 3. The fraction of sp³-hybridized carbons (Fsp3) is 0.314. The molecule has 434 valence electrons. The quantitative estimate of drug-likeness (QED) is 0.0305. The van der Waals surface area contributed by atoms with E-state index >= 15 is 0 Å². The number of hydrogen-bond acceptors (Lipinski definition) is 15. The molecule has 14 N–H and O–H groups in total. The van der Waals surface area contributed by atoms with Gasteiger partial charge < -0.3 is 68.8 Å². The van der Waals surface area contributed by atoms with Crippen LogP contribution in [0.2, 0.25) is 20.1 Å². The zero-order valence-electron chi connectivity index (χ0n) is 43.1. The van der Waals surface area contributed by atoms with Crippen molar-refractivity contribution >= 4 is 123 Å². The van der Waals surface area contributed by atoms with Crippen LogP contribution >= 0.6 is 46.4 Å². The minimum Gasteiger partial charge on any atom is -0.482 e. The molecule has 0 saturated carbocycles. The number of rotatable bonds is 33. The molecule has 0 fully saturated rings. The van der Waals surface area contributed by atoms with Crippen LogP contribution in [0.15, 0.2) is 66.8 Å². The van der Waals surface area contributed by atoms with Crippen LogP contribution in [-0.2, 0) is 61.0 Å². The molecule has 81 heavy (non-hydrogen) atoms. The molecule has 0 aliphatic rings. The van der Waals surface area contributed by atoms with Crippen LogP contribution in [0.3, 0.4) is 0 Å². The molecule has 3 aromatic carbocycles. The van der Waals surface area contributed by atoms with Gasteiger partial charge in [-0.1, -0.05) is 79.5 Å². The average Bonchev–Trinajstić information content (AvgIpc) is 3.40. The summed E-state index contributed by atoms with van der Waals surface area (Å²) in [6.07, 6.45) is -3.11. The summed E-state index contributed by atoms with van der Waals surface area (Å²) in [5, 5.41) is 31.6. The van der Waals surface area contributed by atoms with Crippen LogP contribution in [0.5, 0.6) is 11.5 Å². The maximum atomic E-state index is 13.5. The molecule has 30 heteroatoms. The molecule has 9 amide bonds. The topological polar surface area (TPSA) is 431 Å². The van der Waals surface area contributed by atoms with Gasteiger partial charge in [0.15, 0.2) is 24.8 Å². The maximum Gasteiger partial charge on any atom is 0.305 e. The molecule has 4 atom stereocenters. The van der Waals surface area contributed by atoms with Crippen LogP contribution in [-0.4, -0.2) is 124 Å². The molecule has 26 nitrogen and oxygen atoms in total. The third-order valence-electron chi connectivity index (χ3n) is 11.2. The van der Waals surface area contributed by atoms with E-state index in [-0.39, 0.29) is 70.6 Å². The largest absolute Gasteiger partial charge is 0.482 e. The van der Waals surface area contributed by atoms with Gasteiger partial charge >= 0.3 is 11.9 Å². The number of Topliss-reactive ketones (excluding diaryl/α,β-unsaturated/α-hetero) is 2. The smallest absolute Gasteiger partial charge is 0.305 e. The first-order valence-corrected chi connectivity index (χ1v) is 25.3. The number of benzene rings is 3. The zero-order valence-corrected chi connectivity index (χ0v) is 46.1. The molecule has 0 aliphatic carbocycles. The first-order valence-electron chi connectivity index (χ1n) is 23.8. The van der Waals surface area contributed by atoms with Gasteiger partial charge in [0.2, 0.25) is 41.4 Å². The van der Waals surface area contributed by atoms with Gasteiger partial charge in [0.05, 0.1) is 35.7 Å². The van der Waals surface area contributed by atoms with Crippen molar-refractivity contribution < 1.29 is 82.0 Å². The third-order valence-corrected chi connectivity index (χ3v) is 12.9. The van der Waals surface area contributed by atoms with E-state index in [2.05, 4.69) is 45.1 Å². The summed E-state index contributed by atoms with van der Waals surface area (Å²) in [4.78, 5) is 165. The van der Waals surface area contributed by atoms with Crippen molar-refractivity contribution in [3.63, 3.8) is 0 Å². The predicted molar refractivity (Wildman–Crippen MR) is 290 cm³/mol. The highest BCUT2D eigenvalue weighted by Crippen LogP contribution is 2.37. The number of carbonyl (C=O) groups is 13. The number of ether oxygens (including phenoxy) is 2. The lowest BCUT2D eigenvalue weighted by molar-refractivity contribution is -0.142. The highest BCUT2D eigenvalue weighted by atomic mass is 35.5. The van der Waals surface area contributed by atoms with E-state index in [1.807, 2.05) is 0 Å². The second kappa shape index (κ2) is 31.3. The number of amides is 9. The van der Waals surface area contributed by atoms with E-state index in [1.54, 1.807) is 13.8 Å². The summed E-state index contributed by atoms with van der Waals surface area (Å²) in [7, 11) is 0. The normalized spacial score (nSPS) is 12.1. The van der Waals surface area contributed by atoms with E-state index in [1.165, 1.54) is 42.5 Å². The fourth-order valence-electron chi connectivity index (χ4n) is 6.96. The van der Waals surface area contributed by atoms with Gasteiger partial charge in [0.1, 0.15) is 45.7 Å².